The molecule has 0 saturated carbocycles. The molecule has 0 aliphatic carbocycles. The van der Waals surface area contributed by atoms with Gasteiger partial charge in [0.25, 0.3) is 0 Å². The third-order valence-corrected chi connectivity index (χ3v) is 2.81. The van der Waals surface area contributed by atoms with Crippen molar-refractivity contribution >= 4 is 11.7 Å². The van der Waals surface area contributed by atoms with Crippen LogP contribution in [0.3, 0.4) is 0 Å². The van der Waals surface area contributed by atoms with Gasteiger partial charge in [-0.15, -0.1) is 0 Å². The molecule has 2 aromatic rings. The zero-order valence-electron chi connectivity index (χ0n) is 10.8. The van der Waals surface area contributed by atoms with Gasteiger partial charge in [0.05, 0.1) is 31.2 Å². The number of rotatable bonds is 5. The van der Waals surface area contributed by atoms with Gasteiger partial charge in [0.2, 0.25) is 0 Å². The minimum Gasteiger partial charge on any atom is -0.495 e. The van der Waals surface area contributed by atoms with Gasteiger partial charge < -0.3 is 19.2 Å². The molecule has 0 radical (unpaired) electrons. The number of hydrogen-bond donors (Lipinski definition) is 1. The van der Waals surface area contributed by atoms with E-state index in [-0.39, 0.29) is 5.56 Å². The second-order valence-corrected chi connectivity index (χ2v) is 4.13. The van der Waals surface area contributed by atoms with E-state index < -0.39 is 5.97 Å². The second-order valence-electron chi connectivity index (χ2n) is 4.13. The van der Waals surface area contributed by atoms with E-state index in [1.54, 1.807) is 25.5 Å². The van der Waals surface area contributed by atoms with Crippen molar-refractivity contribution in [2.24, 2.45) is 0 Å². The molecule has 1 aromatic heterocycles. The summed E-state index contributed by atoms with van der Waals surface area (Å²) in [5.74, 6) is 0.458. The predicted molar refractivity (Wildman–Crippen MR) is 70.8 cm³/mol. The Hall–Kier alpha value is -2.43. The number of ether oxygens (including phenoxy) is 1. The normalized spacial score (nSPS) is 10.2. The third kappa shape index (κ3) is 2.88. The Labute approximate surface area is 111 Å². The summed E-state index contributed by atoms with van der Waals surface area (Å²) in [6.07, 6.45) is 1.61. The Morgan fingerprint density at radius 2 is 2.21 bits per heavy atom. The fourth-order valence-corrected chi connectivity index (χ4v) is 1.84. The summed E-state index contributed by atoms with van der Waals surface area (Å²) >= 11 is 0. The van der Waals surface area contributed by atoms with Crippen molar-refractivity contribution in [1.82, 2.24) is 0 Å². The number of methoxy groups -OCH3 is 1. The molecule has 0 saturated heterocycles. The van der Waals surface area contributed by atoms with Crippen LogP contribution in [0, 0.1) is 0 Å². The lowest BCUT2D eigenvalue weighted by Crippen LogP contribution is -2.17. The van der Waals surface area contributed by atoms with Crippen molar-refractivity contribution in [2.45, 2.75) is 6.54 Å². The summed E-state index contributed by atoms with van der Waals surface area (Å²) < 4.78 is 10.5. The summed E-state index contributed by atoms with van der Waals surface area (Å²) in [6.45, 7) is 0.534. The van der Waals surface area contributed by atoms with E-state index in [1.165, 1.54) is 6.07 Å². The fourth-order valence-electron chi connectivity index (χ4n) is 1.84. The maximum absolute atomic E-state index is 11.0. The Kier molecular flexibility index (Phi) is 3.75. The van der Waals surface area contributed by atoms with E-state index in [9.17, 15) is 4.79 Å². The summed E-state index contributed by atoms with van der Waals surface area (Å²) in [5.41, 5.74) is 0.931. The summed E-state index contributed by atoms with van der Waals surface area (Å²) in [7, 11) is 3.41. The lowest BCUT2D eigenvalue weighted by molar-refractivity contribution is 0.0697. The van der Waals surface area contributed by atoms with Crippen LogP contribution < -0.4 is 9.64 Å². The molecule has 19 heavy (non-hydrogen) atoms. The smallest absolute Gasteiger partial charge is 0.335 e. The van der Waals surface area contributed by atoms with E-state index in [2.05, 4.69) is 0 Å². The standard InChI is InChI=1S/C14H15NO4/c1-15(9-11-4-3-7-19-11)12-8-10(14(16)17)5-6-13(12)18-2/h3-8H,9H2,1-2H3,(H,16,17). The first-order valence-corrected chi connectivity index (χ1v) is 5.76. The van der Waals surface area contributed by atoms with Gasteiger partial charge in [0.1, 0.15) is 11.5 Å². The molecule has 1 N–H and O–H groups in total. The van der Waals surface area contributed by atoms with Crippen LogP contribution >= 0.6 is 0 Å². The van der Waals surface area contributed by atoms with Crippen LogP contribution in [0.25, 0.3) is 0 Å². The van der Waals surface area contributed by atoms with Crippen LogP contribution in [-0.4, -0.2) is 25.2 Å². The van der Waals surface area contributed by atoms with Crippen LogP contribution in [0.2, 0.25) is 0 Å². The van der Waals surface area contributed by atoms with E-state index in [1.807, 2.05) is 24.1 Å². The molecule has 0 bridgehead atoms. The van der Waals surface area contributed by atoms with Gasteiger partial charge >= 0.3 is 5.97 Å². The first kappa shape index (κ1) is 13.0. The van der Waals surface area contributed by atoms with Gasteiger partial charge in [-0.1, -0.05) is 0 Å². The molecule has 0 unspecified atom stereocenters. The van der Waals surface area contributed by atoms with Crippen LogP contribution in [-0.2, 0) is 6.54 Å². The Balaban J connectivity index is 2.30. The van der Waals surface area contributed by atoms with Crippen LogP contribution in [0.5, 0.6) is 5.75 Å². The number of nitrogens with zero attached hydrogens (tertiary/aromatic N) is 1. The molecule has 0 atom stereocenters. The van der Waals surface area contributed by atoms with Crippen molar-refractivity contribution in [3.63, 3.8) is 0 Å². The minimum absolute atomic E-state index is 0.224. The van der Waals surface area contributed by atoms with Crippen LogP contribution in [0.1, 0.15) is 16.1 Å². The average Bonchev–Trinajstić information content (AvgIpc) is 2.90. The highest BCUT2D eigenvalue weighted by molar-refractivity contribution is 5.89. The number of furan rings is 1. The Morgan fingerprint density at radius 3 is 2.79 bits per heavy atom. The van der Waals surface area contributed by atoms with Crippen molar-refractivity contribution in [2.75, 3.05) is 19.1 Å². The Morgan fingerprint density at radius 1 is 1.42 bits per heavy atom. The topological polar surface area (TPSA) is 62.9 Å². The molecule has 5 nitrogen and oxygen atoms in total. The van der Waals surface area contributed by atoms with E-state index in [4.69, 9.17) is 14.3 Å². The van der Waals surface area contributed by atoms with Crippen molar-refractivity contribution < 1.29 is 19.1 Å². The number of anilines is 1. The van der Waals surface area contributed by atoms with Gasteiger partial charge in [0.15, 0.2) is 0 Å². The molecular weight excluding hydrogens is 246 g/mol. The summed E-state index contributed by atoms with van der Waals surface area (Å²) in [5, 5.41) is 9.03. The fraction of sp³-hybridized carbons (Fsp3) is 0.214. The lowest BCUT2D eigenvalue weighted by atomic mass is 10.1. The highest BCUT2D eigenvalue weighted by atomic mass is 16.5. The molecular formula is C14H15NO4. The maximum atomic E-state index is 11.0. The van der Waals surface area contributed by atoms with E-state index >= 15 is 0 Å². The largest absolute Gasteiger partial charge is 0.495 e. The van der Waals surface area contributed by atoms with E-state index in [0.717, 1.165) is 5.76 Å². The second kappa shape index (κ2) is 5.48. The van der Waals surface area contributed by atoms with Crippen molar-refractivity contribution in [1.29, 1.82) is 0 Å². The zero-order valence-corrected chi connectivity index (χ0v) is 10.8. The minimum atomic E-state index is -0.963. The first-order valence-electron chi connectivity index (χ1n) is 5.76. The van der Waals surface area contributed by atoms with Gasteiger partial charge in [-0.25, -0.2) is 4.79 Å². The number of benzene rings is 1. The molecule has 0 aliphatic heterocycles. The zero-order chi connectivity index (χ0) is 13.8. The highest BCUT2D eigenvalue weighted by Crippen LogP contribution is 2.29. The molecule has 0 fully saturated rings. The molecule has 1 heterocycles. The molecule has 1 aromatic carbocycles. The number of carbonyl (C=O) groups is 1. The summed E-state index contributed by atoms with van der Waals surface area (Å²) in [4.78, 5) is 12.9. The SMILES string of the molecule is COc1ccc(C(=O)O)cc1N(C)Cc1ccco1. The molecule has 2 rings (SSSR count). The quantitative estimate of drug-likeness (QED) is 0.896. The lowest BCUT2D eigenvalue weighted by Gasteiger charge is -2.21. The van der Waals surface area contributed by atoms with Crippen LogP contribution in [0.15, 0.2) is 41.0 Å². The molecule has 100 valence electrons. The van der Waals surface area contributed by atoms with Gasteiger partial charge in [0, 0.05) is 7.05 Å². The number of carboxylic acid groups (broad SMARTS) is 1. The van der Waals surface area contributed by atoms with Crippen molar-refractivity contribution in [3.05, 3.63) is 47.9 Å². The molecule has 5 heteroatoms. The Bertz CT molecular complexity index is 563. The number of carboxylic acids is 1. The first-order chi connectivity index (χ1) is 9.11. The average molecular weight is 261 g/mol. The maximum Gasteiger partial charge on any atom is 0.335 e. The highest BCUT2D eigenvalue weighted by Gasteiger charge is 2.13. The van der Waals surface area contributed by atoms with Crippen LogP contribution in [0.4, 0.5) is 5.69 Å². The van der Waals surface area contributed by atoms with E-state index in [0.29, 0.717) is 18.0 Å². The summed E-state index contributed by atoms with van der Waals surface area (Å²) in [6, 6.07) is 8.44. The molecule has 0 amide bonds. The predicted octanol–water partition coefficient (Wildman–Crippen LogP) is 2.62. The monoisotopic (exact) mass is 261 g/mol. The van der Waals surface area contributed by atoms with Gasteiger partial charge in [-0.3, -0.25) is 0 Å². The number of hydrogen-bond acceptors (Lipinski definition) is 4. The molecule has 0 aliphatic rings. The van der Waals surface area contributed by atoms with Gasteiger partial charge in [-0.05, 0) is 30.3 Å². The van der Waals surface area contributed by atoms with Crippen molar-refractivity contribution in [3.8, 4) is 5.75 Å². The molecule has 0 spiro atoms. The third-order valence-electron chi connectivity index (χ3n) is 2.81. The van der Waals surface area contributed by atoms with Gasteiger partial charge in [-0.2, -0.15) is 0 Å². The number of aromatic carboxylic acids is 1.